The zero-order valence-electron chi connectivity index (χ0n) is 17.4. The first-order valence-electron chi connectivity index (χ1n) is 9.96. The minimum absolute atomic E-state index is 0.148. The zero-order chi connectivity index (χ0) is 23.3. The lowest BCUT2D eigenvalue weighted by molar-refractivity contribution is -0.148. The number of hydrogen-bond acceptors (Lipinski definition) is 4. The Morgan fingerprint density at radius 1 is 0.875 bits per heavy atom. The maximum atomic E-state index is 12.9. The Kier molecular flexibility index (Phi) is 7.02. The number of hydrogen-bond donors (Lipinski definition) is 4. The molecule has 0 saturated heterocycles. The summed E-state index contributed by atoms with van der Waals surface area (Å²) in [5.41, 5.74) is 3.61. The van der Waals surface area contributed by atoms with Gasteiger partial charge in [-0.15, -0.1) is 0 Å². The summed E-state index contributed by atoms with van der Waals surface area (Å²) in [6, 6.07) is 19.3. The van der Waals surface area contributed by atoms with Gasteiger partial charge in [0, 0.05) is 5.56 Å². The molecule has 0 spiro atoms. The highest BCUT2D eigenvalue weighted by Crippen LogP contribution is 2.25. The zero-order valence-corrected chi connectivity index (χ0v) is 17.4. The van der Waals surface area contributed by atoms with E-state index < -0.39 is 30.0 Å². The normalized spacial score (nSPS) is 12.6. The molecule has 2 atom stereocenters. The molecule has 0 aliphatic heterocycles. The smallest absolute Gasteiger partial charge is 0.335 e. The summed E-state index contributed by atoms with van der Waals surface area (Å²) in [6.07, 6.45) is -1.62. The van der Waals surface area contributed by atoms with Gasteiger partial charge in [0.1, 0.15) is 0 Å². The van der Waals surface area contributed by atoms with E-state index >= 15 is 0 Å². The molecule has 7 nitrogen and oxygen atoms in total. The molecule has 0 aromatic heterocycles. The number of aliphatic hydroxyl groups excluding tert-OH is 1. The molecule has 0 aliphatic rings. The van der Waals surface area contributed by atoms with E-state index in [0.717, 1.165) is 22.3 Å². The highest BCUT2D eigenvalue weighted by Gasteiger charge is 2.28. The quantitative estimate of drug-likeness (QED) is 0.433. The third-order valence-corrected chi connectivity index (χ3v) is 5.19. The van der Waals surface area contributed by atoms with Gasteiger partial charge < -0.3 is 20.6 Å². The Hall–Kier alpha value is -3.97. The van der Waals surface area contributed by atoms with Gasteiger partial charge in [0.15, 0.2) is 6.10 Å². The van der Waals surface area contributed by atoms with Gasteiger partial charge in [0.25, 0.3) is 5.91 Å². The molecular formula is C25H23NO6. The first-order valence-corrected chi connectivity index (χ1v) is 9.96. The second-order valence-corrected chi connectivity index (χ2v) is 7.46. The topological polar surface area (TPSA) is 124 Å². The molecule has 7 heteroatoms. The largest absolute Gasteiger partial charge is 0.479 e. The van der Waals surface area contributed by atoms with Crippen molar-refractivity contribution < 1.29 is 29.7 Å². The second-order valence-electron chi connectivity index (χ2n) is 7.46. The van der Waals surface area contributed by atoms with Crippen LogP contribution in [0.4, 0.5) is 0 Å². The number of carbonyl (C=O) groups excluding carboxylic acids is 1. The fraction of sp³-hybridized carbons (Fsp3) is 0.160. The Morgan fingerprint density at radius 3 is 2.09 bits per heavy atom. The SMILES string of the molecule is Cc1ccc(C(=O)N[C@H](Cc2ccccc2)[C@@H](O)C(=O)O)cc1-c1ccc(C(=O)O)cc1. The van der Waals surface area contributed by atoms with E-state index in [1.54, 1.807) is 54.6 Å². The standard InChI is InChI=1S/C25H23NO6/c1-15-7-8-19(14-20(15)17-9-11-18(12-10-17)24(29)30)23(28)26-21(22(27)25(31)32)13-16-5-3-2-4-6-16/h2-12,14,21-22,27H,13H2,1H3,(H,26,28)(H,29,30)(H,31,32)/t21-,22-/m1/s1. The van der Waals surface area contributed by atoms with Crippen molar-refractivity contribution in [3.63, 3.8) is 0 Å². The molecule has 1 amide bonds. The van der Waals surface area contributed by atoms with Gasteiger partial charge in [0.2, 0.25) is 0 Å². The van der Waals surface area contributed by atoms with Gasteiger partial charge in [-0.25, -0.2) is 9.59 Å². The van der Waals surface area contributed by atoms with Crippen LogP contribution in [0.25, 0.3) is 11.1 Å². The first-order chi connectivity index (χ1) is 15.3. The molecule has 3 aromatic rings. The lowest BCUT2D eigenvalue weighted by atomic mass is 9.96. The lowest BCUT2D eigenvalue weighted by Crippen LogP contribution is -2.48. The molecular weight excluding hydrogens is 410 g/mol. The van der Waals surface area contributed by atoms with Gasteiger partial charge in [-0.3, -0.25) is 4.79 Å². The minimum Gasteiger partial charge on any atom is -0.479 e. The monoisotopic (exact) mass is 433 g/mol. The van der Waals surface area contributed by atoms with Crippen LogP contribution in [0.3, 0.4) is 0 Å². The van der Waals surface area contributed by atoms with Crippen molar-refractivity contribution in [3.8, 4) is 11.1 Å². The molecule has 0 aliphatic carbocycles. The Labute approximate surface area is 185 Å². The van der Waals surface area contributed by atoms with Crippen LogP contribution in [0.1, 0.15) is 31.8 Å². The third-order valence-electron chi connectivity index (χ3n) is 5.19. The van der Waals surface area contributed by atoms with E-state index in [9.17, 15) is 24.6 Å². The summed E-state index contributed by atoms with van der Waals surface area (Å²) in [5.74, 6) is -2.97. The fourth-order valence-corrected chi connectivity index (χ4v) is 3.40. The number of aryl methyl sites for hydroxylation is 1. The van der Waals surface area contributed by atoms with Crippen molar-refractivity contribution in [1.29, 1.82) is 0 Å². The number of nitrogens with one attached hydrogen (secondary N) is 1. The Balaban J connectivity index is 1.86. The van der Waals surface area contributed by atoms with Crippen molar-refractivity contribution in [1.82, 2.24) is 5.32 Å². The molecule has 0 heterocycles. The minimum atomic E-state index is -1.77. The van der Waals surface area contributed by atoms with E-state index in [-0.39, 0.29) is 12.0 Å². The number of aromatic carboxylic acids is 1. The molecule has 0 bridgehead atoms. The molecule has 0 fully saturated rings. The highest BCUT2D eigenvalue weighted by atomic mass is 16.4. The summed E-state index contributed by atoms with van der Waals surface area (Å²) in [6.45, 7) is 1.87. The van der Waals surface area contributed by atoms with Crippen LogP contribution >= 0.6 is 0 Å². The van der Waals surface area contributed by atoms with Crippen LogP contribution in [-0.2, 0) is 11.2 Å². The lowest BCUT2D eigenvalue weighted by Gasteiger charge is -2.22. The fourth-order valence-electron chi connectivity index (χ4n) is 3.40. The average molecular weight is 433 g/mol. The maximum Gasteiger partial charge on any atom is 0.335 e. The van der Waals surface area contributed by atoms with Crippen LogP contribution in [0.15, 0.2) is 72.8 Å². The number of aliphatic carboxylic acids is 1. The summed E-state index contributed by atoms with van der Waals surface area (Å²) in [4.78, 5) is 35.4. The Bertz CT molecular complexity index is 1120. The predicted octanol–water partition coefficient (Wildman–Crippen LogP) is 3.15. The van der Waals surface area contributed by atoms with Crippen molar-refractivity contribution in [2.24, 2.45) is 0 Å². The van der Waals surface area contributed by atoms with Crippen molar-refractivity contribution >= 4 is 17.8 Å². The van der Waals surface area contributed by atoms with E-state index in [1.165, 1.54) is 12.1 Å². The van der Waals surface area contributed by atoms with Crippen molar-refractivity contribution in [3.05, 3.63) is 95.1 Å². The van der Waals surface area contributed by atoms with Crippen LogP contribution in [-0.4, -0.2) is 45.3 Å². The average Bonchev–Trinajstić information content (AvgIpc) is 2.79. The van der Waals surface area contributed by atoms with E-state index in [0.29, 0.717) is 5.56 Å². The number of rotatable bonds is 8. The van der Waals surface area contributed by atoms with Gasteiger partial charge in [-0.2, -0.15) is 0 Å². The van der Waals surface area contributed by atoms with Crippen LogP contribution in [0.5, 0.6) is 0 Å². The predicted molar refractivity (Wildman–Crippen MR) is 119 cm³/mol. The van der Waals surface area contributed by atoms with E-state index in [4.69, 9.17) is 5.11 Å². The summed E-state index contributed by atoms with van der Waals surface area (Å²) >= 11 is 0. The van der Waals surface area contributed by atoms with Gasteiger partial charge in [-0.1, -0.05) is 48.5 Å². The molecule has 3 aromatic carbocycles. The highest BCUT2D eigenvalue weighted by molar-refractivity contribution is 5.96. The van der Waals surface area contributed by atoms with Crippen LogP contribution in [0, 0.1) is 6.92 Å². The number of carboxylic acid groups (broad SMARTS) is 2. The first kappa shape index (κ1) is 22.7. The number of benzene rings is 3. The Morgan fingerprint density at radius 2 is 1.50 bits per heavy atom. The van der Waals surface area contributed by atoms with Gasteiger partial charge in [0.05, 0.1) is 11.6 Å². The number of carboxylic acids is 2. The molecule has 32 heavy (non-hydrogen) atoms. The number of aliphatic hydroxyl groups is 1. The third kappa shape index (κ3) is 5.39. The maximum absolute atomic E-state index is 12.9. The van der Waals surface area contributed by atoms with Gasteiger partial charge in [-0.05, 0) is 59.9 Å². The molecule has 0 unspecified atom stereocenters. The second kappa shape index (κ2) is 9.89. The van der Waals surface area contributed by atoms with E-state index in [2.05, 4.69) is 5.32 Å². The van der Waals surface area contributed by atoms with E-state index in [1.807, 2.05) is 13.0 Å². The van der Waals surface area contributed by atoms with Crippen molar-refractivity contribution in [2.45, 2.75) is 25.5 Å². The van der Waals surface area contributed by atoms with Crippen LogP contribution < -0.4 is 5.32 Å². The van der Waals surface area contributed by atoms with Crippen molar-refractivity contribution in [2.75, 3.05) is 0 Å². The number of amides is 1. The molecule has 0 radical (unpaired) electrons. The molecule has 164 valence electrons. The van der Waals surface area contributed by atoms with Crippen LogP contribution in [0.2, 0.25) is 0 Å². The number of carbonyl (C=O) groups is 3. The van der Waals surface area contributed by atoms with Gasteiger partial charge >= 0.3 is 11.9 Å². The molecule has 3 rings (SSSR count). The molecule has 0 saturated carbocycles. The molecule has 4 N–H and O–H groups in total. The summed E-state index contributed by atoms with van der Waals surface area (Å²) in [7, 11) is 0. The summed E-state index contributed by atoms with van der Waals surface area (Å²) < 4.78 is 0. The summed E-state index contributed by atoms with van der Waals surface area (Å²) in [5, 5.41) is 31.1.